The third-order valence-electron chi connectivity index (χ3n) is 8.32. The fourth-order valence-corrected chi connectivity index (χ4v) is 6.04. The standard InChI is InChI=1S/C31H43N3O4/c1-30(2,32-21-25(36)22-35)20-28(37)33-27(13-12-23-8-4-3-5-9-23)29(38)34-18-16-31(17-19-34)15-14-24-10-6-7-11-26(24)31/h3-11,25,27,32,35-36H,12-22H2,1-2H3,(H,33,37)/t25-,27+/m0/s1. The number of carbonyl (C=O) groups is 2. The first-order valence-electron chi connectivity index (χ1n) is 14.0. The number of hydrogen-bond donors (Lipinski definition) is 4. The third kappa shape index (κ3) is 7.01. The van der Waals surface area contributed by atoms with Crippen molar-refractivity contribution in [1.29, 1.82) is 0 Å². The number of rotatable bonds is 11. The summed E-state index contributed by atoms with van der Waals surface area (Å²) in [5.74, 6) is -0.206. The van der Waals surface area contributed by atoms with E-state index in [0.717, 1.165) is 31.2 Å². The number of aryl methyl sites for hydroxylation is 2. The van der Waals surface area contributed by atoms with E-state index in [4.69, 9.17) is 5.11 Å². The monoisotopic (exact) mass is 521 g/mol. The molecule has 0 aromatic heterocycles. The molecule has 2 aliphatic rings. The molecule has 0 radical (unpaired) electrons. The fraction of sp³-hybridized carbons (Fsp3) is 0.548. The molecule has 1 saturated heterocycles. The van der Waals surface area contributed by atoms with Crippen LogP contribution < -0.4 is 10.6 Å². The van der Waals surface area contributed by atoms with Crippen LogP contribution in [0.1, 0.15) is 62.6 Å². The highest BCUT2D eigenvalue weighted by molar-refractivity contribution is 5.88. The summed E-state index contributed by atoms with van der Waals surface area (Å²) < 4.78 is 0. The van der Waals surface area contributed by atoms with Gasteiger partial charge in [-0.15, -0.1) is 0 Å². The van der Waals surface area contributed by atoms with Gasteiger partial charge >= 0.3 is 0 Å². The molecule has 1 heterocycles. The first kappa shape index (κ1) is 28.3. The largest absolute Gasteiger partial charge is 0.394 e. The average molecular weight is 522 g/mol. The van der Waals surface area contributed by atoms with Gasteiger partial charge in [0, 0.05) is 31.6 Å². The van der Waals surface area contributed by atoms with E-state index in [9.17, 15) is 14.7 Å². The van der Waals surface area contributed by atoms with Gasteiger partial charge in [-0.05, 0) is 74.5 Å². The van der Waals surface area contributed by atoms with E-state index in [1.54, 1.807) is 0 Å². The highest BCUT2D eigenvalue weighted by atomic mass is 16.3. The molecule has 2 atom stereocenters. The number of benzene rings is 2. The Morgan fingerprint density at radius 2 is 1.71 bits per heavy atom. The lowest BCUT2D eigenvalue weighted by Gasteiger charge is -2.41. The first-order valence-corrected chi connectivity index (χ1v) is 14.0. The van der Waals surface area contributed by atoms with Crippen LogP contribution >= 0.6 is 0 Å². The molecule has 2 aromatic rings. The zero-order valence-corrected chi connectivity index (χ0v) is 22.8. The van der Waals surface area contributed by atoms with E-state index >= 15 is 0 Å². The number of carbonyl (C=O) groups excluding carboxylic acids is 2. The maximum Gasteiger partial charge on any atom is 0.245 e. The quantitative estimate of drug-likeness (QED) is 0.364. The Kier molecular flexibility index (Phi) is 9.23. The van der Waals surface area contributed by atoms with Crippen molar-refractivity contribution in [2.24, 2.45) is 0 Å². The SMILES string of the molecule is CC(C)(CC(=O)N[C@H](CCc1ccccc1)C(=O)N1CCC2(CCc3ccccc32)CC1)NC[C@H](O)CO. The van der Waals surface area contributed by atoms with Gasteiger partial charge < -0.3 is 25.7 Å². The second-order valence-electron chi connectivity index (χ2n) is 11.7. The molecule has 7 nitrogen and oxygen atoms in total. The number of fused-ring (bicyclic) bond motifs is 2. The molecule has 0 bridgehead atoms. The molecular weight excluding hydrogens is 478 g/mol. The van der Waals surface area contributed by atoms with Gasteiger partial charge in [-0.3, -0.25) is 9.59 Å². The van der Waals surface area contributed by atoms with Gasteiger partial charge in [0.05, 0.1) is 12.7 Å². The van der Waals surface area contributed by atoms with Gasteiger partial charge in [0.2, 0.25) is 11.8 Å². The number of nitrogens with zero attached hydrogens (tertiary/aromatic N) is 1. The third-order valence-corrected chi connectivity index (χ3v) is 8.32. The normalized spacial score (nSPS) is 18.2. The number of amides is 2. The molecular formula is C31H43N3O4. The van der Waals surface area contributed by atoms with E-state index in [1.165, 1.54) is 11.1 Å². The molecule has 1 fully saturated rings. The van der Waals surface area contributed by atoms with Crippen LogP contribution in [0.4, 0.5) is 0 Å². The molecule has 0 unspecified atom stereocenters. The molecule has 1 spiro atoms. The van der Waals surface area contributed by atoms with Crippen LogP contribution in [0.25, 0.3) is 0 Å². The molecule has 1 aliphatic carbocycles. The smallest absolute Gasteiger partial charge is 0.245 e. The predicted octanol–water partition coefficient (Wildman–Crippen LogP) is 2.72. The molecule has 4 N–H and O–H groups in total. The predicted molar refractivity (Wildman–Crippen MR) is 149 cm³/mol. The highest BCUT2D eigenvalue weighted by Gasteiger charge is 2.42. The Bertz CT molecular complexity index is 1080. The number of nitrogens with one attached hydrogen (secondary N) is 2. The summed E-state index contributed by atoms with van der Waals surface area (Å²) in [4.78, 5) is 28.8. The van der Waals surface area contributed by atoms with Crippen LogP contribution in [-0.4, -0.2) is 70.9 Å². The zero-order valence-electron chi connectivity index (χ0n) is 22.8. The van der Waals surface area contributed by atoms with E-state index in [2.05, 4.69) is 34.9 Å². The molecule has 0 saturated carbocycles. The van der Waals surface area contributed by atoms with Crippen molar-refractivity contribution in [1.82, 2.24) is 15.5 Å². The second kappa shape index (κ2) is 12.4. The maximum atomic E-state index is 13.8. The van der Waals surface area contributed by atoms with Gasteiger partial charge in [-0.1, -0.05) is 54.6 Å². The van der Waals surface area contributed by atoms with Crippen LogP contribution in [0.15, 0.2) is 54.6 Å². The summed E-state index contributed by atoms with van der Waals surface area (Å²) in [6, 6.07) is 18.2. The first-order chi connectivity index (χ1) is 18.2. The van der Waals surface area contributed by atoms with Crippen LogP contribution in [0.3, 0.4) is 0 Å². The Hall–Kier alpha value is -2.74. The Morgan fingerprint density at radius 1 is 1.03 bits per heavy atom. The molecule has 2 aromatic carbocycles. The number of hydrogen-bond acceptors (Lipinski definition) is 5. The van der Waals surface area contributed by atoms with Crippen LogP contribution in [0, 0.1) is 0 Å². The summed E-state index contributed by atoms with van der Waals surface area (Å²) in [5.41, 5.74) is 3.62. The van der Waals surface area contributed by atoms with Crippen molar-refractivity contribution in [3.63, 3.8) is 0 Å². The molecule has 2 amide bonds. The summed E-state index contributed by atoms with van der Waals surface area (Å²) in [6.45, 7) is 5.01. The van der Waals surface area contributed by atoms with E-state index < -0.39 is 17.7 Å². The molecule has 4 rings (SSSR count). The molecule has 206 valence electrons. The minimum absolute atomic E-state index is 0.00289. The minimum Gasteiger partial charge on any atom is -0.394 e. The Labute approximate surface area is 226 Å². The van der Waals surface area contributed by atoms with Crippen LogP contribution in [0.2, 0.25) is 0 Å². The van der Waals surface area contributed by atoms with Gasteiger partial charge in [-0.2, -0.15) is 0 Å². The summed E-state index contributed by atoms with van der Waals surface area (Å²) in [7, 11) is 0. The van der Waals surface area contributed by atoms with Crippen LogP contribution in [-0.2, 0) is 27.8 Å². The Morgan fingerprint density at radius 3 is 2.42 bits per heavy atom. The fourth-order valence-electron chi connectivity index (χ4n) is 6.04. The second-order valence-corrected chi connectivity index (χ2v) is 11.7. The van der Waals surface area contributed by atoms with Gasteiger partial charge in [0.25, 0.3) is 0 Å². The number of piperidine rings is 1. The van der Waals surface area contributed by atoms with Crippen molar-refractivity contribution in [2.75, 3.05) is 26.2 Å². The topological polar surface area (TPSA) is 102 Å². The summed E-state index contributed by atoms with van der Waals surface area (Å²) in [5, 5.41) is 24.9. The van der Waals surface area contributed by atoms with Crippen molar-refractivity contribution in [2.45, 2.75) is 81.9 Å². The lowest BCUT2D eigenvalue weighted by molar-refractivity contribution is -0.138. The molecule has 38 heavy (non-hydrogen) atoms. The summed E-state index contributed by atoms with van der Waals surface area (Å²) in [6.07, 6.45) is 4.68. The zero-order chi connectivity index (χ0) is 27.2. The van der Waals surface area contributed by atoms with Gasteiger partial charge in [0.15, 0.2) is 0 Å². The van der Waals surface area contributed by atoms with Gasteiger partial charge in [0.1, 0.15) is 6.04 Å². The van der Waals surface area contributed by atoms with E-state index in [1.807, 2.05) is 49.1 Å². The van der Waals surface area contributed by atoms with Crippen molar-refractivity contribution in [3.8, 4) is 0 Å². The van der Waals surface area contributed by atoms with E-state index in [-0.39, 0.29) is 36.8 Å². The molecule has 7 heteroatoms. The average Bonchev–Trinajstić information content (AvgIpc) is 3.28. The Balaban J connectivity index is 1.40. The number of aliphatic hydroxyl groups excluding tert-OH is 2. The highest BCUT2D eigenvalue weighted by Crippen LogP contribution is 2.46. The lowest BCUT2D eigenvalue weighted by atomic mass is 9.74. The van der Waals surface area contributed by atoms with Crippen LogP contribution in [0.5, 0.6) is 0 Å². The van der Waals surface area contributed by atoms with Crippen molar-refractivity contribution in [3.05, 3.63) is 71.3 Å². The minimum atomic E-state index is -0.883. The maximum absolute atomic E-state index is 13.8. The number of aliphatic hydroxyl groups is 2. The van der Waals surface area contributed by atoms with Crippen molar-refractivity contribution < 1.29 is 19.8 Å². The summed E-state index contributed by atoms with van der Waals surface area (Å²) >= 11 is 0. The van der Waals surface area contributed by atoms with E-state index in [0.29, 0.717) is 25.9 Å². The molecule has 1 aliphatic heterocycles. The number of β-amino-alcohol motifs (C(OH)–C–C–N with tert-alkyl or cyclic N) is 1. The number of likely N-dealkylation sites (tertiary alicyclic amines) is 1. The van der Waals surface area contributed by atoms with Gasteiger partial charge in [-0.25, -0.2) is 0 Å². The van der Waals surface area contributed by atoms with Crippen molar-refractivity contribution >= 4 is 11.8 Å². The lowest BCUT2D eigenvalue weighted by Crippen LogP contribution is -2.54.